The Hall–Kier alpha value is -0.590. The van der Waals surface area contributed by atoms with Crippen molar-refractivity contribution in [3.05, 3.63) is 23.6 Å². The standard InChI is InChI=1S/C10H17F/c1-5-6-7-9(4)10(11)8(2)3/h6-8H,5H2,1-4H3/b7-6+,10-9-. The molecule has 0 aromatic heterocycles. The minimum atomic E-state index is -0.00491. The van der Waals surface area contributed by atoms with Crippen molar-refractivity contribution in [1.29, 1.82) is 0 Å². The summed E-state index contributed by atoms with van der Waals surface area (Å²) in [6.07, 6.45) is 4.77. The molecule has 64 valence electrons. The van der Waals surface area contributed by atoms with Gasteiger partial charge in [-0.05, 0) is 18.9 Å². The smallest absolute Gasteiger partial charge is 0.105 e. The maximum absolute atomic E-state index is 13.1. The van der Waals surface area contributed by atoms with E-state index in [1.165, 1.54) is 0 Å². The summed E-state index contributed by atoms with van der Waals surface area (Å²) in [7, 11) is 0. The van der Waals surface area contributed by atoms with E-state index in [-0.39, 0.29) is 11.7 Å². The van der Waals surface area contributed by atoms with E-state index in [2.05, 4.69) is 0 Å². The van der Waals surface area contributed by atoms with Crippen LogP contribution in [0.25, 0.3) is 0 Å². The van der Waals surface area contributed by atoms with Gasteiger partial charge < -0.3 is 0 Å². The van der Waals surface area contributed by atoms with E-state index in [9.17, 15) is 4.39 Å². The maximum Gasteiger partial charge on any atom is 0.105 e. The highest BCUT2D eigenvalue weighted by atomic mass is 19.1. The predicted molar refractivity (Wildman–Crippen MR) is 48.1 cm³/mol. The van der Waals surface area contributed by atoms with Crippen LogP contribution in [0.1, 0.15) is 34.1 Å². The van der Waals surface area contributed by atoms with Crippen molar-refractivity contribution in [2.24, 2.45) is 5.92 Å². The molecule has 0 saturated heterocycles. The molecule has 0 aliphatic heterocycles. The molecule has 0 spiro atoms. The third-order valence-electron chi connectivity index (χ3n) is 1.49. The summed E-state index contributed by atoms with van der Waals surface area (Å²) in [5.74, 6) is 0.00575. The van der Waals surface area contributed by atoms with Gasteiger partial charge >= 0.3 is 0 Å². The van der Waals surface area contributed by atoms with E-state index < -0.39 is 0 Å². The summed E-state index contributed by atoms with van der Waals surface area (Å²) >= 11 is 0. The first-order valence-corrected chi connectivity index (χ1v) is 4.12. The fourth-order valence-corrected chi connectivity index (χ4v) is 0.830. The van der Waals surface area contributed by atoms with Crippen LogP contribution in [0, 0.1) is 5.92 Å². The third kappa shape index (κ3) is 3.97. The normalized spacial score (nSPS) is 14.4. The highest BCUT2D eigenvalue weighted by Gasteiger charge is 2.02. The van der Waals surface area contributed by atoms with Gasteiger partial charge in [0.1, 0.15) is 5.83 Å². The zero-order valence-electron chi connectivity index (χ0n) is 7.82. The second kappa shape index (κ2) is 5.11. The molecular weight excluding hydrogens is 139 g/mol. The Balaban J connectivity index is 4.27. The Labute approximate surface area is 68.8 Å². The van der Waals surface area contributed by atoms with Crippen LogP contribution < -0.4 is 0 Å². The van der Waals surface area contributed by atoms with Gasteiger partial charge in [0.15, 0.2) is 0 Å². The van der Waals surface area contributed by atoms with E-state index in [1.54, 1.807) is 0 Å². The maximum atomic E-state index is 13.1. The summed E-state index contributed by atoms with van der Waals surface area (Å²) in [6.45, 7) is 7.57. The van der Waals surface area contributed by atoms with Crippen LogP contribution in [-0.4, -0.2) is 0 Å². The fourth-order valence-electron chi connectivity index (χ4n) is 0.830. The van der Waals surface area contributed by atoms with E-state index in [0.717, 1.165) is 12.0 Å². The Bertz CT molecular complexity index is 164. The number of allylic oxidation sites excluding steroid dienone is 4. The Morgan fingerprint density at radius 2 is 2.00 bits per heavy atom. The van der Waals surface area contributed by atoms with Gasteiger partial charge in [-0.25, -0.2) is 4.39 Å². The van der Waals surface area contributed by atoms with Crippen LogP contribution >= 0.6 is 0 Å². The molecular formula is C10H17F. The molecule has 0 aromatic rings. The second-order valence-electron chi connectivity index (χ2n) is 3.00. The molecule has 0 rings (SSSR count). The highest BCUT2D eigenvalue weighted by Crippen LogP contribution is 2.16. The summed E-state index contributed by atoms with van der Waals surface area (Å²) < 4.78 is 13.1. The number of rotatable bonds is 3. The molecule has 0 aliphatic carbocycles. The average molecular weight is 156 g/mol. The highest BCUT2D eigenvalue weighted by molar-refractivity contribution is 5.20. The lowest BCUT2D eigenvalue weighted by Gasteiger charge is -2.02. The first-order chi connectivity index (χ1) is 5.09. The van der Waals surface area contributed by atoms with Gasteiger partial charge in [-0.1, -0.05) is 32.9 Å². The summed E-state index contributed by atoms with van der Waals surface area (Å²) in [5.41, 5.74) is 0.752. The van der Waals surface area contributed by atoms with Crippen molar-refractivity contribution in [1.82, 2.24) is 0 Å². The molecule has 0 amide bonds. The Kier molecular flexibility index (Phi) is 4.84. The number of halogens is 1. The minimum Gasteiger partial charge on any atom is -0.211 e. The van der Waals surface area contributed by atoms with Gasteiger partial charge in [0.05, 0.1) is 0 Å². The lowest BCUT2D eigenvalue weighted by Crippen LogP contribution is -1.89. The number of hydrogen-bond donors (Lipinski definition) is 0. The van der Waals surface area contributed by atoms with Crippen molar-refractivity contribution >= 4 is 0 Å². The molecule has 0 nitrogen and oxygen atoms in total. The van der Waals surface area contributed by atoms with Crippen LogP contribution in [-0.2, 0) is 0 Å². The lowest BCUT2D eigenvalue weighted by molar-refractivity contribution is 0.512. The minimum absolute atomic E-state index is 0.00491. The quantitative estimate of drug-likeness (QED) is 0.544. The molecule has 0 unspecified atom stereocenters. The van der Waals surface area contributed by atoms with Crippen molar-refractivity contribution in [3.63, 3.8) is 0 Å². The lowest BCUT2D eigenvalue weighted by atomic mass is 10.1. The molecule has 0 saturated carbocycles. The topological polar surface area (TPSA) is 0 Å². The van der Waals surface area contributed by atoms with E-state index in [0.29, 0.717) is 0 Å². The van der Waals surface area contributed by atoms with Crippen molar-refractivity contribution < 1.29 is 4.39 Å². The Morgan fingerprint density at radius 1 is 1.45 bits per heavy atom. The Morgan fingerprint density at radius 3 is 2.36 bits per heavy atom. The molecule has 1 heteroatoms. The first-order valence-electron chi connectivity index (χ1n) is 4.12. The van der Waals surface area contributed by atoms with Gasteiger partial charge in [-0.3, -0.25) is 0 Å². The first kappa shape index (κ1) is 10.4. The predicted octanol–water partition coefficient (Wildman–Crippen LogP) is 3.85. The van der Waals surface area contributed by atoms with Crippen LogP contribution in [0.15, 0.2) is 23.6 Å². The second-order valence-corrected chi connectivity index (χ2v) is 3.00. The summed E-state index contributed by atoms with van der Waals surface area (Å²) in [4.78, 5) is 0. The number of hydrogen-bond acceptors (Lipinski definition) is 0. The van der Waals surface area contributed by atoms with Crippen molar-refractivity contribution in [2.75, 3.05) is 0 Å². The van der Waals surface area contributed by atoms with Crippen molar-refractivity contribution in [2.45, 2.75) is 34.1 Å². The molecule has 0 heterocycles. The zero-order chi connectivity index (χ0) is 8.85. The zero-order valence-corrected chi connectivity index (χ0v) is 7.82. The molecule has 0 radical (unpaired) electrons. The largest absolute Gasteiger partial charge is 0.211 e. The molecule has 0 aliphatic rings. The van der Waals surface area contributed by atoms with Crippen molar-refractivity contribution in [3.8, 4) is 0 Å². The van der Waals surface area contributed by atoms with Crippen LogP contribution in [0.3, 0.4) is 0 Å². The SMILES string of the molecule is CC/C=C/C(C)=C(\F)C(C)C. The van der Waals surface area contributed by atoms with Crippen LogP contribution in [0.2, 0.25) is 0 Å². The molecule has 0 atom stereocenters. The van der Waals surface area contributed by atoms with E-state index >= 15 is 0 Å². The fraction of sp³-hybridized carbons (Fsp3) is 0.600. The molecule has 0 aromatic carbocycles. The van der Waals surface area contributed by atoms with E-state index in [4.69, 9.17) is 0 Å². The summed E-state index contributed by atoms with van der Waals surface area (Å²) in [5, 5.41) is 0. The van der Waals surface area contributed by atoms with Gasteiger partial charge in [-0.2, -0.15) is 0 Å². The van der Waals surface area contributed by atoms with Crippen LogP contribution in [0.5, 0.6) is 0 Å². The van der Waals surface area contributed by atoms with Crippen LogP contribution in [0.4, 0.5) is 4.39 Å². The van der Waals surface area contributed by atoms with Gasteiger partial charge in [-0.15, -0.1) is 0 Å². The molecule has 0 bridgehead atoms. The third-order valence-corrected chi connectivity index (χ3v) is 1.49. The average Bonchev–Trinajstić information content (AvgIpc) is 1.98. The molecule has 11 heavy (non-hydrogen) atoms. The summed E-state index contributed by atoms with van der Waals surface area (Å²) in [6, 6.07) is 0. The van der Waals surface area contributed by atoms with Gasteiger partial charge in [0.25, 0.3) is 0 Å². The monoisotopic (exact) mass is 156 g/mol. The molecule has 0 N–H and O–H groups in total. The van der Waals surface area contributed by atoms with Gasteiger partial charge in [0, 0.05) is 5.92 Å². The molecule has 0 fully saturated rings. The van der Waals surface area contributed by atoms with E-state index in [1.807, 2.05) is 39.8 Å². The van der Waals surface area contributed by atoms with Gasteiger partial charge in [0.2, 0.25) is 0 Å².